The van der Waals surface area contributed by atoms with Crippen LogP contribution in [-0.4, -0.2) is 26.3 Å². The largest absolute Gasteiger partial charge is 0.294 e. The zero-order chi connectivity index (χ0) is 13.1. The molecule has 0 saturated heterocycles. The van der Waals surface area contributed by atoms with Crippen LogP contribution < -0.4 is 0 Å². The van der Waals surface area contributed by atoms with E-state index in [2.05, 4.69) is 10.1 Å². The fraction of sp³-hybridized carbons (Fsp3) is 0.333. The van der Waals surface area contributed by atoms with Gasteiger partial charge in [0.15, 0.2) is 11.6 Å². The lowest BCUT2D eigenvalue weighted by atomic mass is 10.0. The molecule has 0 aromatic carbocycles. The summed E-state index contributed by atoms with van der Waals surface area (Å²) in [5, 5.41) is 5.84. The first-order valence-corrected chi connectivity index (χ1v) is 6.53. The van der Waals surface area contributed by atoms with Gasteiger partial charge in [-0.15, -0.1) is 11.3 Å². The summed E-state index contributed by atoms with van der Waals surface area (Å²) < 4.78 is 1.60. The van der Waals surface area contributed by atoms with Gasteiger partial charge in [0.1, 0.15) is 5.69 Å². The maximum Gasteiger partial charge on any atom is 0.189 e. The lowest BCUT2D eigenvalue weighted by molar-refractivity contribution is 0.0891. The number of aryl methyl sites for hydroxylation is 2. The van der Waals surface area contributed by atoms with E-state index in [4.69, 9.17) is 0 Å². The Morgan fingerprint density at radius 2 is 2.17 bits per heavy atom. The summed E-state index contributed by atoms with van der Waals surface area (Å²) in [6.07, 6.45) is 2.19. The standard InChI is InChI=1S/C12H13N3O2S/c1-3-9-8(5-15(2)14-9)11(16)4-12(17)10-6-18-7-13-10/h5-7H,3-4H2,1-2H3. The van der Waals surface area contributed by atoms with Crippen LogP contribution in [0.2, 0.25) is 0 Å². The molecule has 0 bridgehead atoms. The molecule has 0 atom stereocenters. The van der Waals surface area contributed by atoms with E-state index in [-0.39, 0.29) is 18.0 Å². The maximum atomic E-state index is 12.0. The number of thiazole rings is 1. The van der Waals surface area contributed by atoms with Crippen LogP contribution in [0, 0.1) is 0 Å². The normalized spacial score (nSPS) is 10.6. The average molecular weight is 263 g/mol. The van der Waals surface area contributed by atoms with Crippen molar-refractivity contribution in [2.75, 3.05) is 0 Å². The number of ketones is 2. The highest BCUT2D eigenvalue weighted by Crippen LogP contribution is 2.13. The van der Waals surface area contributed by atoms with Gasteiger partial charge in [-0.3, -0.25) is 14.3 Å². The van der Waals surface area contributed by atoms with Crippen molar-refractivity contribution in [2.45, 2.75) is 19.8 Å². The SMILES string of the molecule is CCc1nn(C)cc1C(=O)CC(=O)c1cscn1. The first-order chi connectivity index (χ1) is 8.61. The van der Waals surface area contributed by atoms with Crippen molar-refractivity contribution >= 4 is 22.9 Å². The molecule has 0 radical (unpaired) electrons. The van der Waals surface area contributed by atoms with Gasteiger partial charge in [-0.05, 0) is 6.42 Å². The third kappa shape index (κ3) is 2.53. The van der Waals surface area contributed by atoms with E-state index in [1.807, 2.05) is 6.92 Å². The molecule has 0 fully saturated rings. The zero-order valence-corrected chi connectivity index (χ0v) is 11.0. The smallest absolute Gasteiger partial charge is 0.189 e. The first kappa shape index (κ1) is 12.6. The molecule has 94 valence electrons. The van der Waals surface area contributed by atoms with Gasteiger partial charge in [-0.1, -0.05) is 6.92 Å². The lowest BCUT2D eigenvalue weighted by Crippen LogP contribution is -2.09. The molecule has 0 aliphatic heterocycles. The molecule has 0 spiro atoms. The van der Waals surface area contributed by atoms with Crippen LogP contribution in [0.4, 0.5) is 0 Å². The highest BCUT2D eigenvalue weighted by molar-refractivity contribution is 7.07. The monoisotopic (exact) mass is 263 g/mol. The lowest BCUT2D eigenvalue weighted by Gasteiger charge is -1.98. The van der Waals surface area contributed by atoms with Crippen molar-refractivity contribution < 1.29 is 9.59 Å². The van der Waals surface area contributed by atoms with Gasteiger partial charge < -0.3 is 0 Å². The quantitative estimate of drug-likeness (QED) is 0.610. The number of carbonyl (C=O) groups is 2. The number of hydrogen-bond acceptors (Lipinski definition) is 5. The molecule has 0 unspecified atom stereocenters. The molecule has 0 aliphatic rings. The third-order valence-corrected chi connectivity index (χ3v) is 3.17. The molecule has 2 aromatic rings. The molecular formula is C12H13N3O2S. The molecular weight excluding hydrogens is 250 g/mol. The Hall–Kier alpha value is -1.82. The second kappa shape index (κ2) is 5.22. The average Bonchev–Trinajstić information content (AvgIpc) is 2.96. The molecule has 2 heterocycles. The highest BCUT2D eigenvalue weighted by atomic mass is 32.1. The molecule has 2 aromatic heterocycles. The summed E-state index contributed by atoms with van der Waals surface area (Å²) in [6.45, 7) is 1.93. The molecule has 18 heavy (non-hydrogen) atoms. The number of rotatable bonds is 5. The Morgan fingerprint density at radius 1 is 1.39 bits per heavy atom. The number of Topliss-reactive ketones (excluding diaryl/α,β-unsaturated/α-hetero) is 2. The summed E-state index contributed by atoms with van der Waals surface area (Å²) in [4.78, 5) is 27.7. The Balaban J connectivity index is 2.15. The zero-order valence-electron chi connectivity index (χ0n) is 10.2. The molecule has 2 rings (SSSR count). The van der Waals surface area contributed by atoms with Crippen LogP contribution >= 0.6 is 11.3 Å². The van der Waals surface area contributed by atoms with Crippen LogP contribution in [0.3, 0.4) is 0 Å². The van der Waals surface area contributed by atoms with E-state index >= 15 is 0 Å². The van der Waals surface area contributed by atoms with Crippen molar-refractivity contribution in [3.8, 4) is 0 Å². The fourth-order valence-electron chi connectivity index (χ4n) is 1.71. The van der Waals surface area contributed by atoms with Crippen molar-refractivity contribution in [1.29, 1.82) is 0 Å². The summed E-state index contributed by atoms with van der Waals surface area (Å²) in [7, 11) is 1.76. The molecule has 0 saturated carbocycles. The highest BCUT2D eigenvalue weighted by Gasteiger charge is 2.19. The minimum atomic E-state index is -0.243. The van der Waals surface area contributed by atoms with Crippen LogP contribution in [0.25, 0.3) is 0 Å². The van der Waals surface area contributed by atoms with Gasteiger partial charge >= 0.3 is 0 Å². The predicted molar refractivity (Wildman–Crippen MR) is 68.0 cm³/mol. The van der Waals surface area contributed by atoms with Gasteiger partial charge in [0.05, 0.1) is 23.2 Å². The minimum Gasteiger partial charge on any atom is -0.294 e. The van der Waals surface area contributed by atoms with Crippen LogP contribution in [-0.2, 0) is 13.5 Å². The van der Waals surface area contributed by atoms with E-state index in [0.717, 1.165) is 5.69 Å². The molecule has 0 N–H and O–H groups in total. The van der Waals surface area contributed by atoms with Gasteiger partial charge in [0.25, 0.3) is 0 Å². The summed E-state index contributed by atoms with van der Waals surface area (Å²) >= 11 is 1.34. The van der Waals surface area contributed by atoms with Crippen molar-refractivity contribution in [1.82, 2.24) is 14.8 Å². The summed E-state index contributed by atoms with van der Waals surface area (Å²) in [6, 6.07) is 0. The molecule has 5 nitrogen and oxygen atoms in total. The fourth-order valence-corrected chi connectivity index (χ4v) is 2.27. The van der Waals surface area contributed by atoms with Crippen molar-refractivity contribution in [3.05, 3.63) is 34.0 Å². The second-order valence-electron chi connectivity index (χ2n) is 3.91. The van der Waals surface area contributed by atoms with E-state index in [1.165, 1.54) is 11.3 Å². The number of aromatic nitrogens is 3. The van der Waals surface area contributed by atoms with E-state index in [9.17, 15) is 9.59 Å². The van der Waals surface area contributed by atoms with Gasteiger partial charge in [0.2, 0.25) is 0 Å². The van der Waals surface area contributed by atoms with Gasteiger partial charge in [-0.25, -0.2) is 4.98 Å². The Bertz CT molecular complexity index is 572. The minimum absolute atomic E-state index is 0.150. The van der Waals surface area contributed by atoms with E-state index in [1.54, 1.807) is 28.8 Å². The number of nitrogens with zero attached hydrogens (tertiary/aromatic N) is 3. The molecule has 0 aliphatic carbocycles. The van der Waals surface area contributed by atoms with Crippen molar-refractivity contribution in [3.63, 3.8) is 0 Å². The summed E-state index contributed by atoms with van der Waals surface area (Å²) in [5.74, 6) is -0.440. The maximum absolute atomic E-state index is 12.0. The van der Waals surface area contributed by atoms with Gasteiger partial charge in [0, 0.05) is 18.6 Å². The topological polar surface area (TPSA) is 64.8 Å². The number of hydrogen-bond donors (Lipinski definition) is 0. The second-order valence-corrected chi connectivity index (χ2v) is 4.63. The van der Waals surface area contributed by atoms with Crippen LogP contribution in [0.15, 0.2) is 17.1 Å². The summed E-state index contributed by atoms with van der Waals surface area (Å²) in [5.41, 5.74) is 3.20. The Kier molecular flexibility index (Phi) is 3.66. The Labute approximate surface area is 108 Å². The molecule has 0 amide bonds. The van der Waals surface area contributed by atoms with Crippen molar-refractivity contribution in [2.24, 2.45) is 7.05 Å². The first-order valence-electron chi connectivity index (χ1n) is 5.59. The van der Waals surface area contributed by atoms with Crippen LogP contribution in [0.5, 0.6) is 0 Å². The van der Waals surface area contributed by atoms with E-state index < -0.39 is 0 Å². The van der Waals surface area contributed by atoms with E-state index in [0.29, 0.717) is 17.7 Å². The third-order valence-electron chi connectivity index (χ3n) is 2.58. The predicted octanol–water partition coefficient (Wildman–Crippen LogP) is 1.89. The Morgan fingerprint density at radius 3 is 2.78 bits per heavy atom. The van der Waals surface area contributed by atoms with Gasteiger partial charge in [-0.2, -0.15) is 5.10 Å². The number of carbonyl (C=O) groups excluding carboxylic acids is 2. The molecule has 6 heteroatoms. The van der Waals surface area contributed by atoms with Crippen LogP contribution in [0.1, 0.15) is 39.9 Å².